The van der Waals surface area contributed by atoms with Gasteiger partial charge in [0, 0.05) is 17.5 Å². The van der Waals surface area contributed by atoms with Gasteiger partial charge in [-0.1, -0.05) is 26.0 Å². The first-order chi connectivity index (χ1) is 6.40. The fraction of sp³-hybridized carbons (Fsp3) is 0.778. The lowest BCUT2D eigenvalue weighted by Crippen LogP contribution is -2.20. The Morgan fingerprint density at radius 1 is 1.57 bits per heavy atom. The molecule has 1 atom stereocenters. The molecule has 0 amide bonds. The lowest BCUT2D eigenvalue weighted by molar-refractivity contribution is 0.639. The van der Waals surface area contributed by atoms with Gasteiger partial charge in [-0.2, -0.15) is 11.8 Å². The monoisotopic (exact) mass is 214 g/mol. The second-order valence-electron chi connectivity index (χ2n) is 4.31. The van der Waals surface area contributed by atoms with Gasteiger partial charge in [-0.25, -0.2) is 0 Å². The molecular weight excluding hydrogens is 196 g/mol. The summed E-state index contributed by atoms with van der Waals surface area (Å²) in [5.74, 6) is 0.894. The van der Waals surface area contributed by atoms with Gasteiger partial charge in [0.25, 0.3) is 0 Å². The van der Waals surface area contributed by atoms with Crippen molar-refractivity contribution >= 4 is 11.8 Å². The molecule has 0 radical (unpaired) electrons. The molecule has 0 spiro atoms. The molecule has 1 aromatic rings. The predicted molar refractivity (Wildman–Crippen MR) is 60.1 cm³/mol. The lowest BCUT2D eigenvalue weighted by Gasteiger charge is -2.20. The van der Waals surface area contributed by atoms with Gasteiger partial charge >= 0.3 is 0 Å². The van der Waals surface area contributed by atoms with Crippen LogP contribution in [0.1, 0.15) is 32.5 Å². The van der Waals surface area contributed by atoms with Gasteiger partial charge in [0.05, 0.1) is 17.9 Å². The zero-order chi connectivity index (χ0) is 10.8. The maximum absolute atomic E-state index is 6.03. The minimum atomic E-state index is 0.0132. The average molecular weight is 214 g/mol. The summed E-state index contributed by atoms with van der Waals surface area (Å²) in [6.07, 6.45) is 1.73. The van der Waals surface area contributed by atoms with Gasteiger partial charge in [0.1, 0.15) is 0 Å². The molecule has 80 valence electrons. The van der Waals surface area contributed by atoms with E-state index in [1.807, 2.05) is 18.8 Å². The highest BCUT2D eigenvalue weighted by atomic mass is 32.2. The van der Waals surface area contributed by atoms with Crippen molar-refractivity contribution in [1.82, 2.24) is 15.0 Å². The molecule has 0 bridgehead atoms. The van der Waals surface area contributed by atoms with Crippen LogP contribution in [0.5, 0.6) is 0 Å². The topological polar surface area (TPSA) is 56.7 Å². The van der Waals surface area contributed by atoms with Gasteiger partial charge < -0.3 is 5.73 Å². The summed E-state index contributed by atoms with van der Waals surface area (Å²) in [4.78, 5) is 0. The molecule has 1 aromatic heterocycles. The Morgan fingerprint density at radius 2 is 2.21 bits per heavy atom. The summed E-state index contributed by atoms with van der Waals surface area (Å²) >= 11 is 1.85. The minimum Gasteiger partial charge on any atom is -0.322 e. The fourth-order valence-electron chi connectivity index (χ4n) is 1.06. The first-order valence-electron chi connectivity index (χ1n) is 4.64. The number of rotatable bonds is 3. The molecular formula is C9H18N4S. The molecule has 0 aliphatic rings. The summed E-state index contributed by atoms with van der Waals surface area (Å²) in [5, 5.41) is 7.67. The van der Waals surface area contributed by atoms with E-state index in [1.165, 1.54) is 0 Å². The Bertz CT molecular complexity index is 289. The molecule has 0 aliphatic carbocycles. The van der Waals surface area contributed by atoms with Gasteiger partial charge in [0.15, 0.2) is 0 Å². The SMILES string of the molecule is Cn1nncc1C(N)CSC(C)(C)C. The summed E-state index contributed by atoms with van der Waals surface area (Å²) in [6.45, 7) is 6.56. The van der Waals surface area contributed by atoms with E-state index in [0.29, 0.717) is 0 Å². The Kier molecular flexibility index (Phi) is 3.55. The highest BCUT2D eigenvalue weighted by molar-refractivity contribution is 8.00. The quantitative estimate of drug-likeness (QED) is 0.825. The van der Waals surface area contributed by atoms with Crippen molar-refractivity contribution in [3.63, 3.8) is 0 Å². The van der Waals surface area contributed by atoms with E-state index in [2.05, 4.69) is 31.1 Å². The summed E-state index contributed by atoms with van der Waals surface area (Å²) < 4.78 is 1.98. The highest BCUT2D eigenvalue weighted by Gasteiger charge is 2.16. The number of nitrogens with two attached hydrogens (primary N) is 1. The summed E-state index contributed by atoms with van der Waals surface area (Å²) in [6, 6.07) is 0.0132. The van der Waals surface area contributed by atoms with Crippen LogP contribution < -0.4 is 5.73 Å². The second-order valence-corrected chi connectivity index (χ2v) is 6.16. The van der Waals surface area contributed by atoms with E-state index in [4.69, 9.17) is 5.73 Å². The van der Waals surface area contributed by atoms with Crippen LogP contribution in [0, 0.1) is 0 Å². The zero-order valence-electron chi connectivity index (χ0n) is 9.19. The van der Waals surface area contributed by atoms with Crippen LogP contribution in [0.15, 0.2) is 6.20 Å². The number of aromatic nitrogens is 3. The molecule has 1 rings (SSSR count). The Labute approximate surface area is 89.2 Å². The Morgan fingerprint density at radius 3 is 2.64 bits per heavy atom. The number of aryl methyl sites for hydroxylation is 1. The van der Waals surface area contributed by atoms with Gasteiger partial charge in [-0.3, -0.25) is 4.68 Å². The predicted octanol–water partition coefficient (Wildman–Crippen LogP) is 1.35. The van der Waals surface area contributed by atoms with E-state index in [9.17, 15) is 0 Å². The van der Waals surface area contributed by atoms with Crippen LogP contribution in [0.3, 0.4) is 0 Å². The highest BCUT2D eigenvalue weighted by Crippen LogP contribution is 2.26. The van der Waals surface area contributed by atoms with Gasteiger partial charge in [-0.05, 0) is 0 Å². The van der Waals surface area contributed by atoms with Crippen LogP contribution in [0.25, 0.3) is 0 Å². The van der Waals surface area contributed by atoms with Crippen molar-refractivity contribution in [3.8, 4) is 0 Å². The minimum absolute atomic E-state index is 0.0132. The smallest absolute Gasteiger partial charge is 0.0759 e. The van der Waals surface area contributed by atoms with E-state index in [1.54, 1.807) is 10.9 Å². The maximum Gasteiger partial charge on any atom is 0.0759 e. The fourth-order valence-corrected chi connectivity index (χ4v) is 1.91. The van der Waals surface area contributed by atoms with Crippen molar-refractivity contribution in [2.45, 2.75) is 31.6 Å². The van der Waals surface area contributed by atoms with Crippen molar-refractivity contribution in [2.75, 3.05) is 5.75 Å². The number of nitrogens with zero attached hydrogens (tertiary/aromatic N) is 3. The molecule has 0 fully saturated rings. The molecule has 2 N–H and O–H groups in total. The van der Waals surface area contributed by atoms with Crippen LogP contribution >= 0.6 is 11.8 Å². The second kappa shape index (κ2) is 4.31. The molecule has 0 saturated heterocycles. The number of hydrogen-bond donors (Lipinski definition) is 1. The van der Waals surface area contributed by atoms with Gasteiger partial charge in [0.2, 0.25) is 0 Å². The average Bonchev–Trinajstić information content (AvgIpc) is 2.46. The van der Waals surface area contributed by atoms with Crippen LogP contribution in [-0.2, 0) is 7.05 Å². The van der Waals surface area contributed by atoms with Crippen molar-refractivity contribution < 1.29 is 0 Å². The number of hydrogen-bond acceptors (Lipinski definition) is 4. The standard InChI is InChI=1S/C9H18N4S/c1-9(2,3)14-6-7(10)8-5-11-12-13(8)4/h5,7H,6,10H2,1-4H3. The molecule has 1 heterocycles. The van der Waals surface area contributed by atoms with E-state index < -0.39 is 0 Å². The Hall–Kier alpha value is -0.550. The first-order valence-corrected chi connectivity index (χ1v) is 5.63. The molecule has 0 aliphatic heterocycles. The summed E-state index contributed by atoms with van der Waals surface area (Å²) in [5.41, 5.74) is 7.01. The zero-order valence-corrected chi connectivity index (χ0v) is 10.0. The molecule has 0 aromatic carbocycles. The lowest BCUT2D eigenvalue weighted by atomic mass is 10.2. The molecule has 1 unspecified atom stereocenters. The normalized spacial score (nSPS) is 14.4. The largest absolute Gasteiger partial charge is 0.322 e. The molecule has 14 heavy (non-hydrogen) atoms. The van der Waals surface area contributed by atoms with Crippen LogP contribution in [0.4, 0.5) is 0 Å². The van der Waals surface area contributed by atoms with E-state index in [0.717, 1.165) is 11.4 Å². The molecule has 5 heteroatoms. The van der Waals surface area contributed by atoms with Crippen LogP contribution in [-0.4, -0.2) is 25.5 Å². The summed E-state index contributed by atoms with van der Waals surface area (Å²) in [7, 11) is 1.87. The third-order valence-electron chi connectivity index (χ3n) is 1.83. The maximum atomic E-state index is 6.03. The van der Waals surface area contributed by atoms with E-state index in [-0.39, 0.29) is 10.8 Å². The Balaban J connectivity index is 2.51. The van der Waals surface area contributed by atoms with Crippen molar-refractivity contribution in [2.24, 2.45) is 12.8 Å². The molecule has 0 saturated carbocycles. The number of thioether (sulfide) groups is 1. The molecule has 4 nitrogen and oxygen atoms in total. The third-order valence-corrected chi connectivity index (χ3v) is 3.22. The van der Waals surface area contributed by atoms with Crippen LogP contribution in [0.2, 0.25) is 0 Å². The van der Waals surface area contributed by atoms with Crippen molar-refractivity contribution in [1.29, 1.82) is 0 Å². The third kappa shape index (κ3) is 3.31. The van der Waals surface area contributed by atoms with Gasteiger partial charge in [-0.15, -0.1) is 5.10 Å². The van der Waals surface area contributed by atoms with Crippen molar-refractivity contribution in [3.05, 3.63) is 11.9 Å². The first kappa shape index (κ1) is 11.5. The van der Waals surface area contributed by atoms with E-state index >= 15 is 0 Å².